The highest BCUT2D eigenvalue weighted by atomic mass is 16.6. The van der Waals surface area contributed by atoms with Gasteiger partial charge in [0, 0.05) is 23.0 Å². The number of carbonyl (C=O) groups excluding carboxylic acids is 1. The smallest absolute Gasteiger partial charge is 0.337 e. The van der Waals surface area contributed by atoms with Crippen molar-refractivity contribution in [1.29, 1.82) is 0 Å². The highest BCUT2D eigenvalue weighted by molar-refractivity contribution is 5.99. The Balaban J connectivity index is 2.75. The lowest BCUT2D eigenvalue weighted by Gasteiger charge is -2.31. The molecule has 0 aromatic heterocycles. The maximum atomic E-state index is 12.9. The summed E-state index contributed by atoms with van der Waals surface area (Å²) in [5.74, 6) is -3.11. The molecule has 1 unspecified atom stereocenters. The van der Waals surface area contributed by atoms with Gasteiger partial charge in [0.15, 0.2) is 0 Å². The number of hydrogen-bond donors (Lipinski definition) is 2. The molecule has 0 aliphatic carbocycles. The molecular formula is C19H22N2O6. The molecule has 1 aromatic rings. The molecule has 27 heavy (non-hydrogen) atoms. The topological polar surface area (TPSA) is 119 Å². The number of para-hydroxylation sites is 1. The molecule has 0 fully saturated rings. The third-order valence-corrected chi connectivity index (χ3v) is 4.05. The largest absolute Gasteiger partial charge is 0.478 e. The fraction of sp³-hybridized carbons (Fsp3) is 0.368. The van der Waals surface area contributed by atoms with E-state index in [9.17, 15) is 24.8 Å². The number of carboxylic acid groups (broad SMARTS) is 1. The minimum absolute atomic E-state index is 0.0437. The second-order valence-electron chi connectivity index (χ2n) is 7.26. The lowest BCUT2D eigenvalue weighted by atomic mass is 9.79. The monoisotopic (exact) mass is 374 g/mol. The van der Waals surface area contributed by atoms with Crippen molar-refractivity contribution in [1.82, 2.24) is 5.32 Å². The van der Waals surface area contributed by atoms with Crippen LogP contribution in [0.25, 0.3) is 0 Å². The van der Waals surface area contributed by atoms with Gasteiger partial charge >= 0.3 is 11.9 Å². The van der Waals surface area contributed by atoms with E-state index in [1.807, 2.05) is 0 Å². The van der Waals surface area contributed by atoms with Crippen molar-refractivity contribution in [3.05, 3.63) is 62.5 Å². The van der Waals surface area contributed by atoms with Gasteiger partial charge in [-0.3, -0.25) is 10.1 Å². The fourth-order valence-electron chi connectivity index (χ4n) is 3.09. The lowest BCUT2D eigenvalue weighted by Crippen LogP contribution is -2.34. The van der Waals surface area contributed by atoms with Crippen molar-refractivity contribution in [2.45, 2.75) is 46.1 Å². The number of nitrogens with zero attached hydrogens (tertiary/aromatic N) is 1. The minimum Gasteiger partial charge on any atom is -0.478 e. The predicted molar refractivity (Wildman–Crippen MR) is 97.9 cm³/mol. The summed E-state index contributed by atoms with van der Waals surface area (Å²) in [4.78, 5) is 35.7. The maximum Gasteiger partial charge on any atom is 0.337 e. The SMILES string of the molecule is CC1=C(C(=O)O)C(c2ccccc2[N+](=O)[O-])C(C(=O)OC(C)(C)C)=C(C)N1. The van der Waals surface area contributed by atoms with Crippen molar-refractivity contribution in [3.8, 4) is 0 Å². The average Bonchev–Trinajstić information content (AvgIpc) is 2.51. The van der Waals surface area contributed by atoms with Crippen LogP contribution in [-0.2, 0) is 14.3 Å². The molecule has 1 aromatic carbocycles. The zero-order chi connectivity index (χ0) is 20.5. The quantitative estimate of drug-likeness (QED) is 0.472. The van der Waals surface area contributed by atoms with Crippen molar-refractivity contribution >= 4 is 17.6 Å². The molecule has 2 N–H and O–H groups in total. The third-order valence-electron chi connectivity index (χ3n) is 4.05. The van der Waals surface area contributed by atoms with E-state index in [-0.39, 0.29) is 22.4 Å². The minimum atomic E-state index is -1.27. The third kappa shape index (κ3) is 4.16. The maximum absolute atomic E-state index is 12.9. The number of nitrogens with one attached hydrogen (secondary N) is 1. The van der Waals surface area contributed by atoms with Crippen LogP contribution in [0.1, 0.15) is 46.1 Å². The summed E-state index contributed by atoms with van der Waals surface area (Å²) < 4.78 is 5.44. The summed E-state index contributed by atoms with van der Waals surface area (Å²) in [5, 5.41) is 24.1. The second-order valence-corrected chi connectivity index (χ2v) is 7.26. The fourth-order valence-corrected chi connectivity index (χ4v) is 3.09. The number of benzene rings is 1. The van der Waals surface area contributed by atoms with Crippen molar-refractivity contribution < 1.29 is 24.4 Å². The molecule has 1 aliphatic heterocycles. The van der Waals surface area contributed by atoms with Gasteiger partial charge in [-0.2, -0.15) is 0 Å². The molecule has 1 aliphatic rings. The molecule has 1 heterocycles. The first-order chi connectivity index (χ1) is 12.4. The van der Waals surface area contributed by atoms with Gasteiger partial charge < -0.3 is 15.2 Å². The number of dihydropyridines is 1. The molecular weight excluding hydrogens is 352 g/mol. The highest BCUT2D eigenvalue weighted by Crippen LogP contribution is 2.42. The van der Waals surface area contributed by atoms with Crippen LogP contribution < -0.4 is 5.32 Å². The molecule has 2 rings (SSSR count). The van der Waals surface area contributed by atoms with Crippen molar-refractivity contribution in [2.24, 2.45) is 0 Å². The molecule has 0 saturated heterocycles. The van der Waals surface area contributed by atoms with E-state index in [1.54, 1.807) is 40.7 Å². The molecule has 1 atom stereocenters. The molecule has 8 nitrogen and oxygen atoms in total. The number of esters is 1. The summed E-state index contributed by atoms with van der Waals surface area (Å²) in [7, 11) is 0. The zero-order valence-corrected chi connectivity index (χ0v) is 15.8. The van der Waals surface area contributed by atoms with Crippen LogP contribution in [0.2, 0.25) is 0 Å². The Morgan fingerprint density at radius 2 is 1.70 bits per heavy atom. The van der Waals surface area contributed by atoms with E-state index in [4.69, 9.17) is 4.74 Å². The molecule has 144 valence electrons. The first-order valence-corrected chi connectivity index (χ1v) is 8.32. The van der Waals surface area contributed by atoms with Gasteiger partial charge in [0.05, 0.1) is 22.0 Å². The number of nitro groups is 1. The van der Waals surface area contributed by atoms with E-state index in [1.165, 1.54) is 18.2 Å². The van der Waals surface area contributed by atoms with Gasteiger partial charge in [0.1, 0.15) is 5.60 Å². The van der Waals surface area contributed by atoms with E-state index >= 15 is 0 Å². The zero-order valence-electron chi connectivity index (χ0n) is 15.8. The van der Waals surface area contributed by atoms with Gasteiger partial charge in [-0.15, -0.1) is 0 Å². The van der Waals surface area contributed by atoms with Crippen LogP contribution in [0, 0.1) is 10.1 Å². The average molecular weight is 374 g/mol. The van der Waals surface area contributed by atoms with Crippen LogP contribution >= 0.6 is 0 Å². The number of nitro benzene ring substituents is 1. The van der Waals surface area contributed by atoms with E-state index in [0.29, 0.717) is 11.4 Å². The normalized spacial score (nSPS) is 17.4. The molecule has 8 heteroatoms. The second kappa shape index (κ2) is 7.22. The number of rotatable bonds is 4. The van der Waals surface area contributed by atoms with Gasteiger partial charge in [0.25, 0.3) is 5.69 Å². The first-order valence-electron chi connectivity index (χ1n) is 8.32. The molecule has 0 amide bonds. The Bertz CT molecular complexity index is 876. The highest BCUT2D eigenvalue weighted by Gasteiger charge is 2.41. The molecule has 0 radical (unpaired) electrons. The van der Waals surface area contributed by atoms with Crippen molar-refractivity contribution in [3.63, 3.8) is 0 Å². The molecule has 0 saturated carbocycles. The summed E-state index contributed by atoms with van der Waals surface area (Å²) in [6.07, 6.45) is 0. The Kier molecular flexibility index (Phi) is 5.39. The molecule has 0 spiro atoms. The van der Waals surface area contributed by atoms with Gasteiger partial charge in [-0.25, -0.2) is 9.59 Å². The number of carbonyl (C=O) groups is 2. The summed E-state index contributed by atoms with van der Waals surface area (Å²) in [6, 6.07) is 5.81. The van der Waals surface area contributed by atoms with Crippen molar-refractivity contribution in [2.75, 3.05) is 0 Å². The Morgan fingerprint density at radius 1 is 1.15 bits per heavy atom. The number of aliphatic carboxylic acids is 1. The lowest BCUT2D eigenvalue weighted by molar-refractivity contribution is -0.385. The van der Waals surface area contributed by atoms with Crippen LogP contribution in [0.4, 0.5) is 5.69 Å². The first kappa shape index (κ1) is 20.2. The van der Waals surface area contributed by atoms with Gasteiger partial charge in [-0.1, -0.05) is 18.2 Å². The Labute approximate surface area is 156 Å². The predicted octanol–water partition coefficient (Wildman–Crippen LogP) is 3.26. The van der Waals surface area contributed by atoms with Crippen LogP contribution in [-0.4, -0.2) is 27.6 Å². The van der Waals surface area contributed by atoms with Crippen LogP contribution in [0.5, 0.6) is 0 Å². The number of allylic oxidation sites excluding steroid dienone is 2. The van der Waals surface area contributed by atoms with Crippen LogP contribution in [0.15, 0.2) is 46.8 Å². The number of ether oxygens (including phenoxy) is 1. The number of carboxylic acids is 1. The van der Waals surface area contributed by atoms with E-state index in [2.05, 4.69) is 5.32 Å². The van der Waals surface area contributed by atoms with Gasteiger partial charge in [-0.05, 0) is 34.6 Å². The number of hydrogen-bond acceptors (Lipinski definition) is 6. The van der Waals surface area contributed by atoms with Crippen LogP contribution in [0.3, 0.4) is 0 Å². The Hall–Kier alpha value is -3.16. The summed E-state index contributed by atoms with van der Waals surface area (Å²) in [5.41, 5.74) is -0.314. The van der Waals surface area contributed by atoms with E-state index in [0.717, 1.165) is 0 Å². The van der Waals surface area contributed by atoms with E-state index < -0.39 is 28.4 Å². The summed E-state index contributed by atoms with van der Waals surface area (Å²) >= 11 is 0. The summed E-state index contributed by atoms with van der Waals surface area (Å²) in [6.45, 7) is 8.24. The van der Waals surface area contributed by atoms with Gasteiger partial charge in [0.2, 0.25) is 0 Å². The standard InChI is InChI=1S/C19H22N2O6/c1-10-14(17(22)23)16(12-8-6-7-9-13(12)21(25)26)15(11(2)20-10)18(24)27-19(3,4)5/h6-9,16,20H,1-5H3,(H,22,23). The Morgan fingerprint density at radius 3 is 2.22 bits per heavy atom. The molecule has 0 bridgehead atoms.